The summed E-state index contributed by atoms with van der Waals surface area (Å²) in [6.07, 6.45) is 0. The van der Waals surface area contributed by atoms with Crippen LogP contribution in [-0.4, -0.2) is 53.1 Å². The minimum absolute atomic E-state index is 0.0463. The van der Waals surface area contributed by atoms with Gasteiger partial charge in [0.15, 0.2) is 0 Å². The normalized spacial score (nSPS) is 20.3. The lowest BCUT2D eigenvalue weighted by atomic mass is 9.95. The summed E-state index contributed by atoms with van der Waals surface area (Å²) in [5.74, 6) is -1.02. The summed E-state index contributed by atoms with van der Waals surface area (Å²) in [6.45, 7) is 4.13. The first-order valence-corrected chi connectivity index (χ1v) is 8.55. The standard InChI is InChI=1S/C20H23FN2O2/c1-15-13-23(12-11-22(15)14-19(24)25)20(16-7-3-2-4-8-16)17-9-5-6-10-18(17)21/h2-10,15,20H,11-14H2,1H3,(H,24,25)/t15-,20-/m1/s1. The van der Waals surface area contributed by atoms with E-state index in [4.69, 9.17) is 5.11 Å². The molecule has 2 aromatic rings. The number of carboxylic acids is 1. The number of hydrogen-bond donors (Lipinski definition) is 1. The molecule has 0 amide bonds. The number of aliphatic carboxylic acids is 1. The fourth-order valence-corrected chi connectivity index (χ4v) is 3.59. The number of piperazine rings is 1. The summed E-state index contributed by atoms with van der Waals surface area (Å²) < 4.78 is 14.5. The zero-order valence-electron chi connectivity index (χ0n) is 14.3. The summed E-state index contributed by atoms with van der Waals surface area (Å²) in [7, 11) is 0. The first-order valence-electron chi connectivity index (χ1n) is 8.55. The zero-order chi connectivity index (χ0) is 17.8. The molecule has 1 aliphatic heterocycles. The van der Waals surface area contributed by atoms with E-state index in [-0.39, 0.29) is 24.4 Å². The van der Waals surface area contributed by atoms with Gasteiger partial charge in [0, 0.05) is 31.2 Å². The monoisotopic (exact) mass is 342 g/mol. The zero-order valence-corrected chi connectivity index (χ0v) is 14.3. The Morgan fingerprint density at radius 2 is 1.84 bits per heavy atom. The molecule has 5 heteroatoms. The number of nitrogens with zero attached hydrogens (tertiary/aromatic N) is 2. The van der Waals surface area contributed by atoms with Gasteiger partial charge in [0.2, 0.25) is 0 Å². The van der Waals surface area contributed by atoms with Gasteiger partial charge in [-0.15, -0.1) is 0 Å². The van der Waals surface area contributed by atoms with Crippen LogP contribution in [0.25, 0.3) is 0 Å². The molecule has 0 aromatic heterocycles. The molecular weight excluding hydrogens is 319 g/mol. The van der Waals surface area contributed by atoms with E-state index in [9.17, 15) is 9.18 Å². The van der Waals surface area contributed by atoms with Gasteiger partial charge in [0.05, 0.1) is 12.6 Å². The Balaban J connectivity index is 1.89. The largest absolute Gasteiger partial charge is 0.480 e. The maximum absolute atomic E-state index is 14.5. The average Bonchev–Trinajstić information content (AvgIpc) is 2.60. The molecule has 1 saturated heterocycles. The molecule has 1 fully saturated rings. The van der Waals surface area contributed by atoms with Gasteiger partial charge in [-0.3, -0.25) is 14.6 Å². The minimum Gasteiger partial charge on any atom is -0.480 e. The highest BCUT2D eigenvalue weighted by Crippen LogP contribution is 2.32. The quantitative estimate of drug-likeness (QED) is 0.907. The molecule has 2 aromatic carbocycles. The second-order valence-electron chi connectivity index (χ2n) is 6.54. The predicted octanol–water partition coefficient (Wildman–Crippen LogP) is 3.01. The topological polar surface area (TPSA) is 43.8 Å². The third kappa shape index (κ3) is 4.06. The second kappa shape index (κ2) is 7.76. The van der Waals surface area contributed by atoms with Crippen molar-refractivity contribution in [2.45, 2.75) is 19.0 Å². The van der Waals surface area contributed by atoms with Gasteiger partial charge in [-0.25, -0.2) is 4.39 Å². The molecular formula is C20H23FN2O2. The fraction of sp³-hybridized carbons (Fsp3) is 0.350. The highest BCUT2D eigenvalue weighted by atomic mass is 19.1. The SMILES string of the molecule is C[C@@H]1CN([C@H](c2ccccc2)c2ccccc2F)CCN1CC(=O)O. The van der Waals surface area contributed by atoms with Crippen molar-refractivity contribution in [3.63, 3.8) is 0 Å². The van der Waals surface area contributed by atoms with E-state index in [1.165, 1.54) is 6.07 Å². The Kier molecular flexibility index (Phi) is 5.46. The van der Waals surface area contributed by atoms with Crippen molar-refractivity contribution in [3.05, 3.63) is 71.5 Å². The fourth-order valence-electron chi connectivity index (χ4n) is 3.59. The highest BCUT2D eigenvalue weighted by molar-refractivity contribution is 5.69. The van der Waals surface area contributed by atoms with Crippen molar-refractivity contribution in [2.75, 3.05) is 26.2 Å². The Labute approximate surface area is 147 Å². The van der Waals surface area contributed by atoms with E-state index in [1.807, 2.05) is 54.3 Å². The molecule has 0 saturated carbocycles. The van der Waals surface area contributed by atoms with Crippen LogP contribution in [0.5, 0.6) is 0 Å². The lowest BCUT2D eigenvalue weighted by Gasteiger charge is -2.43. The Bertz CT molecular complexity index is 723. The van der Waals surface area contributed by atoms with Crippen molar-refractivity contribution >= 4 is 5.97 Å². The van der Waals surface area contributed by atoms with E-state index in [0.29, 0.717) is 25.2 Å². The van der Waals surface area contributed by atoms with Gasteiger partial charge < -0.3 is 5.11 Å². The molecule has 0 radical (unpaired) electrons. The average molecular weight is 342 g/mol. The lowest BCUT2D eigenvalue weighted by molar-refractivity contribution is -0.139. The van der Waals surface area contributed by atoms with Crippen molar-refractivity contribution in [1.82, 2.24) is 9.80 Å². The number of carboxylic acid groups (broad SMARTS) is 1. The highest BCUT2D eigenvalue weighted by Gasteiger charge is 2.31. The lowest BCUT2D eigenvalue weighted by Crippen LogP contribution is -2.54. The molecule has 0 unspecified atom stereocenters. The Morgan fingerprint density at radius 3 is 2.48 bits per heavy atom. The maximum Gasteiger partial charge on any atom is 0.317 e. The van der Waals surface area contributed by atoms with E-state index < -0.39 is 5.97 Å². The molecule has 1 aliphatic rings. The molecule has 4 nitrogen and oxygen atoms in total. The van der Waals surface area contributed by atoms with Crippen LogP contribution < -0.4 is 0 Å². The van der Waals surface area contributed by atoms with Gasteiger partial charge in [-0.05, 0) is 18.6 Å². The summed E-state index contributed by atoms with van der Waals surface area (Å²) in [6, 6.07) is 16.7. The summed E-state index contributed by atoms with van der Waals surface area (Å²) in [5, 5.41) is 9.05. The molecule has 0 spiro atoms. The van der Waals surface area contributed by atoms with Gasteiger partial charge >= 0.3 is 5.97 Å². The van der Waals surface area contributed by atoms with E-state index in [0.717, 1.165) is 5.56 Å². The number of benzene rings is 2. The summed E-state index contributed by atoms with van der Waals surface area (Å²) in [4.78, 5) is 15.2. The van der Waals surface area contributed by atoms with Crippen LogP contribution in [0.4, 0.5) is 4.39 Å². The van der Waals surface area contributed by atoms with Crippen LogP contribution in [0.3, 0.4) is 0 Å². The third-order valence-electron chi connectivity index (χ3n) is 4.82. The number of rotatable bonds is 5. The molecule has 25 heavy (non-hydrogen) atoms. The molecule has 0 aliphatic carbocycles. The van der Waals surface area contributed by atoms with Gasteiger partial charge in [-0.2, -0.15) is 0 Å². The third-order valence-corrected chi connectivity index (χ3v) is 4.82. The number of carbonyl (C=O) groups is 1. The molecule has 132 valence electrons. The molecule has 3 rings (SSSR count). The smallest absolute Gasteiger partial charge is 0.317 e. The number of hydrogen-bond acceptors (Lipinski definition) is 3. The van der Waals surface area contributed by atoms with E-state index in [1.54, 1.807) is 6.07 Å². The molecule has 0 bridgehead atoms. The van der Waals surface area contributed by atoms with Crippen molar-refractivity contribution in [1.29, 1.82) is 0 Å². The first kappa shape index (κ1) is 17.6. The Hall–Kier alpha value is -2.24. The van der Waals surface area contributed by atoms with Crippen molar-refractivity contribution in [3.8, 4) is 0 Å². The van der Waals surface area contributed by atoms with Gasteiger partial charge in [-0.1, -0.05) is 48.5 Å². The van der Waals surface area contributed by atoms with E-state index >= 15 is 0 Å². The van der Waals surface area contributed by atoms with Crippen LogP contribution >= 0.6 is 0 Å². The summed E-state index contributed by atoms with van der Waals surface area (Å²) in [5.41, 5.74) is 1.71. The minimum atomic E-state index is -0.811. The van der Waals surface area contributed by atoms with E-state index in [2.05, 4.69) is 4.90 Å². The van der Waals surface area contributed by atoms with Gasteiger partial charge in [0.1, 0.15) is 5.82 Å². The summed E-state index contributed by atoms with van der Waals surface area (Å²) >= 11 is 0. The van der Waals surface area contributed by atoms with Crippen LogP contribution in [0.2, 0.25) is 0 Å². The molecule has 1 heterocycles. The number of halogens is 1. The van der Waals surface area contributed by atoms with Crippen LogP contribution in [-0.2, 0) is 4.79 Å². The van der Waals surface area contributed by atoms with Crippen LogP contribution in [0, 0.1) is 5.82 Å². The van der Waals surface area contributed by atoms with Crippen molar-refractivity contribution < 1.29 is 14.3 Å². The van der Waals surface area contributed by atoms with Crippen LogP contribution in [0.15, 0.2) is 54.6 Å². The first-order chi connectivity index (χ1) is 12.1. The maximum atomic E-state index is 14.5. The second-order valence-corrected chi connectivity index (χ2v) is 6.54. The van der Waals surface area contributed by atoms with Gasteiger partial charge in [0.25, 0.3) is 0 Å². The van der Waals surface area contributed by atoms with Crippen LogP contribution in [0.1, 0.15) is 24.1 Å². The van der Waals surface area contributed by atoms with Crippen molar-refractivity contribution in [2.24, 2.45) is 0 Å². The molecule has 1 N–H and O–H groups in total. The molecule has 2 atom stereocenters. The Morgan fingerprint density at radius 1 is 1.16 bits per heavy atom. The predicted molar refractivity (Wildman–Crippen MR) is 94.9 cm³/mol.